The lowest BCUT2D eigenvalue weighted by Gasteiger charge is -2.08. The molecule has 0 atom stereocenters. The fourth-order valence-corrected chi connectivity index (χ4v) is 1.27. The van der Waals surface area contributed by atoms with E-state index in [1.807, 2.05) is 19.1 Å². The molecule has 17 heavy (non-hydrogen) atoms. The minimum Gasteiger partial charge on any atom is -0.491 e. The number of carbonyl (C=O) groups is 1. The first-order chi connectivity index (χ1) is 8.24. The number of carboxylic acids is 1. The summed E-state index contributed by atoms with van der Waals surface area (Å²) in [5, 5.41) is 8.56. The van der Waals surface area contributed by atoms with Crippen LogP contribution in [0.5, 0.6) is 5.75 Å². The van der Waals surface area contributed by atoms with Crippen molar-refractivity contribution in [2.24, 2.45) is 0 Å². The number of para-hydroxylation sites is 1. The summed E-state index contributed by atoms with van der Waals surface area (Å²) in [6, 6.07) is 7.27. The molecule has 0 fully saturated rings. The van der Waals surface area contributed by atoms with Crippen LogP contribution in [-0.4, -0.2) is 30.9 Å². The highest BCUT2D eigenvalue weighted by Crippen LogP contribution is 2.19. The van der Waals surface area contributed by atoms with Gasteiger partial charge in [0.05, 0.1) is 6.61 Å². The van der Waals surface area contributed by atoms with E-state index < -0.39 is 5.97 Å². The highest BCUT2D eigenvalue weighted by Gasteiger charge is 2.00. The molecule has 4 nitrogen and oxygen atoms in total. The Morgan fingerprint density at radius 1 is 1.35 bits per heavy atom. The molecular weight excluding hydrogens is 220 g/mol. The molecule has 4 heteroatoms. The van der Waals surface area contributed by atoms with Gasteiger partial charge in [-0.05, 0) is 19.1 Å². The molecule has 0 saturated carbocycles. The summed E-state index contributed by atoms with van der Waals surface area (Å²) in [4.78, 5) is 10.4. The van der Waals surface area contributed by atoms with Crippen molar-refractivity contribution in [3.05, 3.63) is 35.9 Å². The van der Waals surface area contributed by atoms with Gasteiger partial charge in [-0.2, -0.15) is 0 Å². The van der Waals surface area contributed by atoms with Gasteiger partial charge < -0.3 is 14.6 Å². The molecule has 0 unspecified atom stereocenters. The number of rotatable bonds is 7. The predicted molar refractivity (Wildman–Crippen MR) is 65.1 cm³/mol. The molecule has 92 valence electrons. The summed E-state index contributed by atoms with van der Waals surface area (Å²) in [5.41, 5.74) is 0.742. The van der Waals surface area contributed by atoms with E-state index in [-0.39, 0.29) is 0 Å². The van der Waals surface area contributed by atoms with Crippen LogP contribution >= 0.6 is 0 Å². The zero-order valence-electron chi connectivity index (χ0n) is 9.76. The highest BCUT2D eigenvalue weighted by molar-refractivity contribution is 5.85. The van der Waals surface area contributed by atoms with Crippen molar-refractivity contribution in [2.45, 2.75) is 6.92 Å². The second kappa shape index (κ2) is 7.46. The third kappa shape index (κ3) is 5.17. The summed E-state index contributed by atoms with van der Waals surface area (Å²) in [5.74, 6) is -0.321. The molecule has 0 bridgehead atoms. The number of benzene rings is 1. The molecule has 1 N–H and O–H groups in total. The molecule has 0 aliphatic carbocycles. The molecule has 0 aliphatic heterocycles. The normalized spacial score (nSPS) is 10.6. The van der Waals surface area contributed by atoms with Gasteiger partial charge >= 0.3 is 5.97 Å². The van der Waals surface area contributed by atoms with Crippen LogP contribution in [0.1, 0.15) is 12.5 Å². The van der Waals surface area contributed by atoms with Gasteiger partial charge in [0.25, 0.3) is 0 Å². The number of ether oxygens (including phenoxy) is 2. The Morgan fingerprint density at radius 2 is 2.12 bits per heavy atom. The van der Waals surface area contributed by atoms with Gasteiger partial charge in [0.2, 0.25) is 0 Å². The average Bonchev–Trinajstić information content (AvgIpc) is 2.33. The number of hydrogen-bond acceptors (Lipinski definition) is 3. The first-order valence-corrected chi connectivity index (χ1v) is 5.44. The lowest BCUT2D eigenvalue weighted by Crippen LogP contribution is -2.06. The van der Waals surface area contributed by atoms with Crippen LogP contribution in [0.25, 0.3) is 6.08 Å². The minimum atomic E-state index is -0.978. The van der Waals surface area contributed by atoms with Crippen LogP contribution in [0.2, 0.25) is 0 Å². The standard InChI is InChI=1S/C13H16O4/c1-2-16-9-10-17-12-6-4-3-5-11(12)7-8-13(14)15/h3-8H,2,9-10H2,1H3,(H,14,15)/b8-7+. The lowest BCUT2D eigenvalue weighted by molar-refractivity contribution is -0.131. The Balaban J connectivity index is 2.61. The molecule has 1 aromatic rings. The van der Waals surface area contributed by atoms with E-state index in [1.54, 1.807) is 12.1 Å². The summed E-state index contributed by atoms with van der Waals surface area (Å²) in [7, 11) is 0. The number of carboxylic acid groups (broad SMARTS) is 1. The maximum absolute atomic E-state index is 10.4. The van der Waals surface area contributed by atoms with E-state index >= 15 is 0 Å². The molecular formula is C13H16O4. The van der Waals surface area contributed by atoms with Crippen LogP contribution in [0.15, 0.2) is 30.3 Å². The molecule has 1 aromatic carbocycles. The summed E-state index contributed by atoms with van der Waals surface area (Å²) in [6.07, 6.45) is 2.60. The fourth-order valence-electron chi connectivity index (χ4n) is 1.27. The maximum Gasteiger partial charge on any atom is 0.328 e. The van der Waals surface area contributed by atoms with Crippen molar-refractivity contribution in [2.75, 3.05) is 19.8 Å². The Hall–Kier alpha value is -1.81. The monoisotopic (exact) mass is 236 g/mol. The summed E-state index contributed by atoms with van der Waals surface area (Å²) < 4.78 is 10.7. The molecule has 0 amide bonds. The van der Waals surface area contributed by atoms with Gasteiger partial charge in [0, 0.05) is 18.2 Å². The third-order valence-electron chi connectivity index (χ3n) is 2.01. The number of hydrogen-bond donors (Lipinski definition) is 1. The van der Waals surface area contributed by atoms with Crippen LogP contribution in [-0.2, 0) is 9.53 Å². The Morgan fingerprint density at radius 3 is 2.82 bits per heavy atom. The smallest absolute Gasteiger partial charge is 0.328 e. The Bertz CT molecular complexity index is 385. The van der Waals surface area contributed by atoms with Crippen molar-refractivity contribution in [1.82, 2.24) is 0 Å². The molecule has 0 aliphatic rings. The molecule has 0 spiro atoms. The van der Waals surface area contributed by atoms with Gasteiger partial charge in [-0.25, -0.2) is 4.79 Å². The largest absolute Gasteiger partial charge is 0.491 e. The second-order valence-electron chi connectivity index (χ2n) is 3.25. The Kier molecular flexibility index (Phi) is 5.82. The third-order valence-corrected chi connectivity index (χ3v) is 2.01. The van der Waals surface area contributed by atoms with E-state index in [2.05, 4.69) is 0 Å². The average molecular weight is 236 g/mol. The topological polar surface area (TPSA) is 55.8 Å². The molecule has 0 aromatic heterocycles. The van der Waals surface area contributed by atoms with Gasteiger partial charge in [-0.3, -0.25) is 0 Å². The Labute approximate surface area is 100 Å². The van der Waals surface area contributed by atoms with Crippen LogP contribution in [0, 0.1) is 0 Å². The lowest BCUT2D eigenvalue weighted by atomic mass is 10.2. The quantitative estimate of drug-likeness (QED) is 0.582. The highest BCUT2D eigenvalue weighted by atomic mass is 16.5. The first kappa shape index (κ1) is 13.3. The molecule has 0 radical (unpaired) electrons. The van der Waals surface area contributed by atoms with Crippen molar-refractivity contribution < 1.29 is 19.4 Å². The van der Waals surface area contributed by atoms with Crippen molar-refractivity contribution in [3.8, 4) is 5.75 Å². The summed E-state index contributed by atoms with van der Waals surface area (Å²) in [6.45, 7) is 3.55. The zero-order chi connectivity index (χ0) is 12.5. The zero-order valence-corrected chi connectivity index (χ0v) is 9.76. The van der Waals surface area contributed by atoms with Crippen molar-refractivity contribution >= 4 is 12.0 Å². The predicted octanol–water partition coefficient (Wildman–Crippen LogP) is 2.20. The van der Waals surface area contributed by atoms with Crippen LogP contribution in [0.4, 0.5) is 0 Å². The van der Waals surface area contributed by atoms with Crippen LogP contribution in [0.3, 0.4) is 0 Å². The molecule has 0 saturated heterocycles. The summed E-state index contributed by atoms with van der Waals surface area (Å²) >= 11 is 0. The van der Waals surface area contributed by atoms with Gasteiger partial charge in [-0.15, -0.1) is 0 Å². The van der Waals surface area contributed by atoms with E-state index in [1.165, 1.54) is 6.08 Å². The first-order valence-electron chi connectivity index (χ1n) is 5.44. The van der Waals surface area contributed by atoms with E-state index in [0.717, 1.165) is 11.6 Å². The van der Waals surface area contributed by atoms with E-state index in [0.29, 0.717) is 25.6 Å². The van der Waals surface area contributed by atoms with Crippen LogP contribution < -0.4 is 4.74 Å². The van der Waals surface area contributed by atoms with Gasteiger partial charge in [0.1, 0.15) is 12.4 Å². The van der Waals surface area contributed by atoms with Crippen molar-refractivity contribution in [3.63, 3.8) is 0 Å². The fraction of sp³-hybridized carbons (Fsp3) is 0.308. The minimum absolute atomic E-state index is 0.450. The molecule has 1 rings (SSSR count). The van der Waals surface area contributed by atoms with Crippen molar-refractivity contribution in [1.29, 1.82) is 0 Å². The van der Waals surface area contributed by atoms with E-state index in [9.17, 15) is 4.79 Å². The number of aliphatic carboxylic acids is 1. The molecule has 0 heterocycles. The van der Waals surface area contributed by atoms with Gasteiger partial charge in [0.15, 0.2) is 0 Å². The SMILES string of the molecule is CCOCCOc1ccccc1/C=C/C(=O)O. The van der Waals surface area contributed by atoms with Gasteiger partial charge in [-0.1, -0.05) is 18.2 Å². The maximum atomic E-state index is 10.4. The second-order valence-corrected chi connectivity index (χ2v) is 3.25. The van der Waals surface area contributed by atoms with E-state index in [4.69, 9.17) is 14.6 Å².